The van der Waals surface area contributed by atoms with Crippen LogP contribution in [0, 0.1) is 17.8 Å². The molecule has 0 aromatic carbocycles. The van der Waals surface area contributed by atoms with Gasteiger partial charge in [0.2, 0.25) is 0 Å². The van der Waals surface area contributed by atoms with Gasteiger partial charge < -0.3 is 10.2 Å². The van der Waals surface area contributed by atoms with Gasteiger partial charge >= 0.3 is 0 Å². The lowest BCUT2D eigenvalue weighted by Crippen LogP contribution is -2.46. The summed E-state index contributed by atoms with van der Waals surface area (Å²) < 4.78 is 0. The molecular formula is C16H31NO2. The van der Waals surface area contributed by atoms with Gasteiger partial charge in [-0.25, -0.2) is 0 Å². The van der Waals surface area contributed by atoms with Gasteiger partial charge in [0, 0.05) is 25.0 Å². The van der Waals surface area contributed by atoms with Crippen LogP contribution in [0.15, 0.2) is 0 Å². The lowest BCUT2D eigenvalue weighted by Gasteiger charge is -2.41. The fourth-order valence-electron chi connectivity index (χ4n) is 4.27. The van der Waals surface area contributed by atoms with Crippen molar-refractivity contribution in [1.29, 1.82) is 0 Å². The Hall–Kier alpha value is -0.120. The van der Waals surface area contributed by atoms with E-state index in [0.29, 0.717) is 23.8 Å². The first-order chi connectivity index (χ1) is 9.11. The molecular weight excluding hydrogens is 238 g/mol. The van der Waals surface area contributed by atoms with E-state index >= 15 is 0 Å². The largest absolute Gasteiger partial charge is 0.395 e. The van der Waals surface area contributed by atoms with Crippen LogP contribution in [0.3, 0.4) is 0 Å². The number of aliphatic hydroxyl groups excluding tert-OH is 2. The molecule has 0 heterocycles. The Labute approximate surface area is 118 Å². The summed E-state index contributed by atoms with van der Waals surface area (Å²) in [5.74, 6) is 1.64. The first-order valence-corrected chi connectivity index (χ1v) is 8.14. The van der Waals surface area contributed by atoms with Crippen LogP contribution in [-0.2, 0) is 0 Å². The minimum absolute atomic E-state index is 0.152. The molecule has 0 spiro atoms. The molecule has 3 nitrogen and oxygen atoms in total. The van der Waals surface area contributed by atoms with Crippen LogP contribution in [-0.4, -0.2) is 47.0 Å². The standard InChI is InChI=1S/C16H31NO2/c1-12-9-13(2)15(16(19)10-12)11-17(7-8-18)14-5-3-4-6-14/h12-16,18-19H,3-11H2,1-2H3. The zero-order chi connectivity index (χ0) is 13.8. The fourth-order valence-corrected chi connectivity index (χ4v) is 4.27. The van der Waals surface area contributed by atoms with E-state index in [1.807, 2.05) is 0 Å². The van der Waals surface area contributed by atoms with Crippen molar-refractivity contribution >= 4 is 0 Å². The number of nitrogens with zero attached hydrogens (tertiary/aromatic N) is 1. The average Bonchev–Trinajstić information content (AvgIpc) is 2.85. The van der Waals surface area contributed by atoms with Crippen molar-refractivity contribution in [2.75, 3.05) is 19.7 Å². The maximum absolute atomic E-state index is 10.4. The highest BCUT2D eigenvalue weighted by Gasteiger charge is 2.35. The molecule has 0 bridgehead atoms. The molecule has 4 atom stereocenters. The van der Waals surface area contributed by atoms with Gasteiger partial charge in [-0.15, -0.1) is 0 Å². The van der Waals surface area contributed by atoms with Crippen molar-refractivity contribution < 1.29 is 10.2 Å². The van der Waals surface area contributed by atoms with E-state index in [4.69, 9.17) is 0 Å². The van der Waals surface area contributed by atoms with Gasteiger partial charge in [0.05, 0.1) is 12.7 Å². The van der Waals surface area contributed by atoms with Gasteiger partial charge in [0.1, 0.15) is 0 Å². The molecule has 3 heteroatoms. The Kier molecular flexibility index (Phi) is 5.67. The average molecular weight is 269 g/mol. The maximum atomic E-state index is 10.4. The van der Waals surface area contributed by atoms with Crippen LogP contribution < -0.4 is 0 Å². The van der Waals surface area contributed by atoms with Gasteiger partial charge in [-0.3, -0.25) is 4.90 Å². The Balaban J connectivity index is 1.95. The fraction of sp³-hybridized carbons (Fsp3) is 1.00. The number of rotatable bonds is 5. The molecule has 0 amide bonds. The summed E-state index contributed by atoms with van der Waals surface area (Å²) in [4.78, 5) is 2.45. The van der Waals surface area contributed by atoms with E-state index < -0.39 is 0 Å². The smallest absolute Gasteiger partial charge is 0.0585 e. The van der Waals surface area contributed by atoms with Crippen LogP contribution in [0.25, 0.3) is 0 Å². The van der Waals surface area contributed by atoms with Crippen molar-refractivity contribution in [2.45, 2.75) is 64.5 Å². The number of hydrogen-bond donors (Lipinski definition) is 2. The number of aliphatic hydroxyl groups is 2. The normalized spacial score (nSPS) is 37.1. The lowest BCUT2D eigenvalue weighted by atomic mass is 9.73. The minimum atomic E-state index is -0.152. The third-order valence-electron chi connectivity index (χ3n) is 5.32. The Bertz CT molecular complexity index is 253. The van der Waals surface area contributed by atoms with Crippen LogP contribution in [0.1, 0.15) is 52.4 Å². The highest BCUT2D eigenvalue weighted by Crippen LogP contribution is 2.35. The molecule has 2 aliphatic rings. The Morgan fingerprint density at radius 1 is 1.11 bits per heavy atom. The molecule has 2 N–H and O–H groups in total. The van der Waals surface area contributed by atoms with Crippen molar-refractivity contribution in [3.63, 3.8) is 0 Å². The first kappa shape index (κ1) is 15.3. The molecule has 2 fully saturated rings. The van der Waals surface area contributed by atoms with E-state index in [2.05, 4.69) is 18.7 Å². The quantitative estimate of drug-likeness (QED) is 0.804. The lowest BCUT2D eigenvalue weighted by molar-refractivity contribution is -0.0115. The van der Waals surface area contributed by atoms with Crippen molar-refractivity contribution in [3.05, 3.63) is 0 Å². The minimum Gasteiger partial charge on any atom is -0.395 e. The third kappa shape index (κ3) is 3.93. The van der Waals surface area contributed by atoms with Crippen LogP contribution >= 0.6 is 0 Å². The van der Waals surface area contributed by atoms with Crippen molar-refractivity contribution in [3.8, 4) is 0 Å². The highest BCUT2D eigenvalue weighted by molar-refractivity contribution is 4.87. The van der Waals surface area contributed by atoms with Crippen molar-refractivity contribution in [1.82, 2.24) is 4.90 Å². The summed E-state index contributed by atoms with van der Waals surface area (Å²) in [6, 6.07) is 0.644. The highest BCUT2D eigenvalue weighted by atomic mass is 16.3. The predicted molar refractivity (Wildman–Crippen MR) is 78.0 cm³/mol. The molecule has 19 heavy (non-hydrogen) atoms. The summed E-state index contributed by atoms with van der Waals surface area (Å²) in [6.07, 6.45) is 7.23. The number of hydrogen-bond acceptors (Lipinski definition) is 3. The molecule has 2 aliphatic carbocycles. The topological polar surface area (TPSA) is 43.7 Å². The summed E-state index contributed by atoms with van der Waals surface area (Å²) in [7, 11) is 0. The Morgan fingerprint density at radius 2 is 1.79 bits per heavy atom. The van der Waals surface area contributed by atoms with E-state index in [-0.39, 0.29) is 12.7 Å². The van der Waals surface area contributed by atoms with E-state index in [9.17, 15) is 10.2 Å². The Morgan fingerprint density at radius 3 is 2.37 bits per heavy atom. The van der Waals surface area contributed by atoms with Gasteiger partial charge in [-0.2, -0.15) is 0 Å². The van der Waals surface area contributed by atoms with Crippen LogP contribution in [0.4, 0.5) is 0 Å². The zero-order valence-electron chi connectivity index (χ0n) is 12.6. The van der Waals surface area contributed by atoms with Gasteiger partial charge in [-0.1, -0.05) is 26.7 Å². The van der Waals surface area contributed by atoms with Crippen molar-refractivity contribution in [2.24, 2.45) is 17.8 Å². The molecule has 0 aliphatic heterocycles. The molecule has 2 saturated carbocycles. The molecule has 0 aromatic rings. The van der Waals surface area contributed by atoms with E-state index in [1.54, 1.807) is 0 Å². The van der Waals surface area contributed by atoms with Gasteiger partial charge in [0.15, 0.2) is 0 Å². The first-order valence-electron chi connectivity index (χ1n) is 8.14. The maximum Gasteiger partial charge on any atom is 0.0585 e. The molecule has 0 aromatic heterocycles. The predicted octanol–water partition coefficient (Wildman–Crippen LogP) is 2.27. The van der Waals surface area contributed by atoms with E-state index in [1.165, 1.54) is 32.1 Å². The second-order valence-electron chi connectivity index (χ2n) is 6.94. The monoisotopic (exact) mass is 269 g/mol. The van der Waals surface area contributed by atoms with Crippen LogP contribution in [0.2, 0.25) is 0 Å². The summed E-state index contributed by atoms with van der Waals surface area (Å²) in [5.41, 5.74) is 0. The van der Waals surface area contributed by atoms with Gasteiger partial charge in [-0.05, 0) is 37.5 Å². The second kappa shape index (κ2) is 7.05. The third-order valence-corrected chi connectivity index (χ3v) is 5.32. The summed E-state index contributed by atoms with van der Waals surface area (Å²) in [6.45, 7) is 6.52. The second-order valence-corrected chi connectivity index (χ2v) is 6.94. The summed E-state index contributed by atoms with van der Waals surface area (Å²) >= 11 is 0. The SMILES string of the molecule is CC1CC(C)C(CN(CCO)C2CCCC2)C(O)C1. The molecule has 4 unspecified atom stereocenters. The molecule has 2 rings (SSSR count). The van der Waals surface area contributed by atoms with Crippen LogP contribution in [0.5, 0.6) is 0 Å². The van der Waals surface area contributed by atoms with Gasteiger partial charge in [0.25, 0.3) is 0 Å². The molecule has 0 radical (unpaired) electrons. The summed E-state index contributed by atoms with van der Waals surface area (Å²) in [5, 5.41) is 19.7. The van der Waals surface area contributed by atoms with E-state index in [0.717, 1.165) is 19.5 Å². The molecule has 0 saturated heterocycles. The molecule has 112 valence electrons. The zero-order valence-corrected chi connectivity index (χ0v) is 12.6.